The number of aromatic nitrogens is 1. The van der Waals surface area contributed by atoms with E-state index in [9.17, 15) is 14.7 Å². The van der Waals surface area contributed by atoms with E-state index >= 15 is 0 Å². The topological polar surface area (TPSA) is 82.2 Å². The van der Waals surface area contributed by atoms with Crippen molar-refractivity contribution in [1.82, 2.24) is 4.98 Å². The summed E-state index contributed by atoms with van der Waals surface area (Å²) in [5.41, 5.74) is 8.84. The van der Waals surface area contributed by atoms with Crippen LogP contribution in [0.3, 0.4) is 0 Å². The van der Waals surface area contributed by atoms with Crippen LogP contribution in [0.1, 0.15) is 53.8 Å². The number of carbonyl (C=O) groups is 2. The van der Waals surface area contributed by atoms with Crippen molar-refractivity contribution in [2.45, 2.75) is 44.9 Å². The molecule has 0 unspecified atom stereocenters. The van der Waals surface area contributed by atoms with Gasteiger partial charge in [-0.2, -0.15) is 0 Å². The Balaban J connectivity index is 1.58. The SMILES string of the molecule is O=C(O)CCc1c(C=C2C(=O)Nc3ccc(-c4ccccc4)cc32)[nH]c2c1CCCCC2. The summed E-state index contributed by atoms with van der Waals surface area (Å²) in [5.74, 6) is -0.928. The third-order valence-corrected chi connectivity index (χ3v) is 6.48. The number of fused-ring (bicyclic) bond motifs is 2. The minimum atomic E-state index is -0.802. The van der Waals surface area contributed by atoms with Gasteiger partial charge in [0.1, 0.15) is 0 Å². The zero-order chi connectivity index (χ0) is 22.1. The minimum Gasteiger partial charge on any atom is -0.481 e. The zero-order valence-corrected chi connectivity index (χ0v) is 17.9. The van der Waals surface area contributed by atoms with Crippen LogP contribution in [0.15, 0.2) is 48.5 Å². The molecule has 1 aliphatic heterocycles. The molecule has 32 heavy (non-hydrogen) atoms. The first-order valence-corrected chi connectivity index (χ1v) is 11.3. The zero-order valence-electron chi connectivity index (χ0n) is 17.9. The maximum Gasteiger partial charge on any atom is 0.303 e. The molecular weight excluding hydrogens is 400 g/mol. The fourth-order valence-corrected chi connectivity index (χ4v) is 4.88. The van der Waals surface area contributed by atoms with Crippen molar-refractivity contribution in [3.63, 3.8) is 0 Å². The molecule has 1 amide bonds. The number of hydrogen-bond acceptors (Lipinski definition) is 2. The Morgan fingerprint density at radius 3 is 2.62 bits per heavy atom. The van der Waals surface area contributed by atoms with Crippen molar-refractivity contribution in [2.75, 3.05) is 5.32 Å². The molecule has 0 radical (unpaired) electrons. The van der Waals surface area contributed by atoms with Crippen LogP contribution in [-0.2, 0) is 28.9 Å². The molecule has 3 aromatic rings. The molecule has 0 saturated heterocycles. The fourth-order valence-electron chi connectivity index (χ4n) is 4.88. The van der Waals surface area contributed by atoms with Crippen molar-refractivity contribution in [3.8, 4) is 11.1 Å². The van der Waals surface area contributed by atoms with Gasteiger partial charge in [-0.15, -0.1) is 0 Å². The number of aryl methyl sites for hydroxylation is 1. The molecule has 5 nitrogen and oxygen atoms in total. The fraction of sp³-hybridized carbons (Fsp3) is 0.259. The third-order valence-electron chi connectivity index (χ3n) is 6.48. The molecule has 0 fully saturated rings. The molecule has 1 aliphatic carbocycles. The van der Waals surface area contributed by atoms with Crippen LogP contribution in [-0.4, -0.2) is 22.0 Å². The first-order chi connectivity index (χ1) is 15.6. The summed E-state index contributed by atoms with van der Waals surface area (Å²) in [4.78, 5) is 27.7. The molecule has 2 heterocycles. The van der Waals surface area contributed by atoms with E-state index in [1.807, 2.05) is 36.4 Å². The summed E-state index contributed by atoms with van der Waals surface area (Å²) >= 11 is 0. The van der Waals surface area contributed by atoms with Gasteiger partial charge in [0.15, 0.2) is 0 Å². The highest BCUT2D eigenvalue weighted by molar-refractivity contribution is 6.35. The third kappa shape index (κ3) is 3.86. The molecule has 2 aliphatic rings. The van der Waals surface area contributed by atoms with Crippen LogP contribution in [0.4, 0.5) is 5.69 Å². The molecule has 0 saturated carbocycles. The van der Waals surface area contributed by atoms with Gasteiger partial charge in [-0.25, -0.2) is 0 Å². The Morgan fingerprint density at radius 1 is 1.00 bits per heavy atom. The summed E-state index contributed by atoms with van der Waals surface area (Å²) in [6, 6.07) is 16.1. The van der Waals surface area contributed by atoms with Gasteiger partial charge in [-0.1, -0.05) is 42.8 Å². The van der Waals surface area contributed by atoms with Crippen LogP contribution in [0.5, 0.6) is 0 Å². The van der Waals surface area contributed by atoms with E-state index < -0.39 is 5.97 Å². The lowest BCUT2D eigenvalue weighted by Crippen LogP contribution is -2.04. The van der Waals surface area contributed by atoms with Gasteiger partial charge in [0, 0.05) is 29.1 Å². The Hall–Kier alpha value is -3.60. The molecule has 5 rings (SSSR count). The largest absolute Gasteiger partial charge is 0.481 e. The average Bonchev–Trinajstić information content (AvgIpc) is 3.17. The minimum absolute atomic E-state index is 0.0847. The van der Waals surface area contributed by atoms with Gasteiger partial charge in [-0.05, 0) is 72.6 Å². The summed E-state index contributed by atoms with van der Waals surface area (Å²) in [5, 5.41) is 12.2. The molecule has 3 N–H and O–H groups in total. The quantitative estimate of drug-likeness (QED) is 0.374. The number of aliphatic carboxylic acids is 1. The van der Waals surface area contributed by atoms with Crippen molar-refractivity contribution in [2.24, 2.45) is 0 Å². The highest BCUT2D eigenvalue weighted by atomic mass is 16.4. The monoisotopic (exact) mass is 426 g/mol. The van der Waals surface area contributed by atoms with Crippen LogP contribution in [0.2, 0.25) is 0 Å². The number of H-pyrrole nitrogens is 1. The highest BCUT2D eigenvalue weighted by Crippen LogP contribution is 2.37. The van der Waals surface area contributed by atoms with Gasteiger partial charge in [0.25, 0.3) is 5.91 Å². The van der Waals surface area contributed by atoms with Gasteiger partial charge in [0.05, 0.1) is 5.57 Å². The van der Waals surface area contributed by atoms with Gasteiger partial charge >= 0.3 is 5.97 Å². The second-order valence-corrected chi connectivity index (χ2v) is 8.57. The summed E-state index contributed by atoms with van der Waals surface area (Å²) in [6.07, 6.45) is 7.85. The number of benzene rings is 2. The van der Waals surface area contributed by atoms with E-state index in [1.165, 1.54) is 17.7 Å². The molecule has 5 heteroatoms. The number of amides is 1. The van der Waals surface area contributed by atoms with Crippen molar-refractivity contribution in [1.29, 1.82) is 0 Å². The summed E-state index contributed by atoms with van der Waals surface area (Å²) in [6.45, 7) is 0. The van der Waals surface area contributed by atoms with Gasteiger partial charge in [-0.3, -0.25) is 9.59 Å². The molecule has 0 spiro atoms. The standard InChI is InChI=1S/C27H26N2O3/c30-26(31)14-12-20-19-9-5-2-6-10-23(19)28-25(20)16-22-21-15-18(17-7-3-1-4-8-17)11-13-24(21)29-27(22)32/h1,3-4,7-8,11,13,15-16,28H,2,5-6,9-10,12,14H2,(H,29,32)(H,30,31). The van der Waals surface area contributed by atoms with E-state index in [0.29, 0.717) is 12.0 Å². The first kappa shape index (κ1) is 20.3. The number of carboxylic acids is 1. The molecule has 0 bridgehead atoms. The van der Waals surface area contributed by atoms with Crippen molar-refractivity contribution >= 4 is 29.2 Å². The van der Waals surface area contributed by atoms with E-state index in [2.05, 4.69) is 28.5 Å². The van der Waals surface area contributed by atoms with Crippen LogP contribution >= 0.6 is 0 Å². The van der Waals surface area contributed by atoms with E-state index in [4.69, 9.17) is 0 Å². The smallest absolute Gasteiger partial charge is 0.303 e. The number of nitrogens with one attached hydrogen (secondary N) is 2. The van der Waals surface area contributed by atoms with Crippen LogP contribution in [0.25, 0.3) is 22.8 Å². The molecule has 0 atom stereocenters. The molecular formula is C27H26N2O3. The van der Waals surface area contributed by atoms with Crippen LogP contribution < -0.4 is 5.32 Å². The number of carboxylic acid groups (broad SMARTS) is 1. The van der Waals surface area contributed by atoms with Crippen molar-refractivity contribution < 1.29 is 14.7 Å². The lowest BCUT2D eigenvalue weighted by Gasteiger charge is -2.06. The number of aromatic amines is 1. The molecule has 162 valence electrons. The summed E-state index contributed by atoms with van der Waals surface area (Å²) < 4.78 is 0. The van der Waals surface area contributed by atoms with Gasteiger partial charge in [0.2, 0.25) is 0 Å². The van der Waals surface area contributed by atoms with E-state index in [0.717, 1.165) is 59.3 Å². The van der Waals surface area contributed by atoms with Gasteiger partial charge < -0.3 is 15.4 Å². The Morgan fingerprint density at radius 2 is 1.81 bits per heavy atom. The Kier molecular flexibility index (Phi) is 5.39. The first-order valence-electron chi connectivity index (χ1n) is 11.3. The number of rotatable bonds is 5. The maximum atomic E-state index is 12.9. The molecule has 1 aromatic heterocycles. The number of carbonyl (C=O) groups excluding carboxylic acids is 1. The lowest BCUT2D eigenvalue weighted by molar-refractivity contribution is -0.137. The highest BCUT2D eigenvalue weighted by Gasteiger charge is 2.26. The van der Waals surface area contributed by atoms with E-state index in [-0.39, 0.29) is 12.3 Å². The predicted molar refractivity (Wildman–Crippen MR) is 126 cm³/mol. The van der Waals surface area contributed by atoms with E-state index in [1.54, 1.807) is 0 Å². The number of anilines is 1. The predicted octanol–water partition coefficient (Wildman–Crippen LogP) is 5.46. The normalized spacial score (nSPS) is 16.4. The Bertz CT molecular complexity index is 1220. The average molecular weight is 427 g/mol. The summed E-state index contributed by atoms with van der Waals surface area (Å²) in [7, 11) is 0. The molecule has 2 aromatic carbocycles. The van der Waals surface area contributed by atoms with Crippen LogP contribution in [0, 0.1) is 0 Å². The Labute approximate surface area is 187 Å². The lowest BCUT2D eigenvalue weighted by atomic mass is 9.96. The maximum absolute atomic E-state index is 12.9. The van der Waals surface area contributed by atoms with Crippen molar-refractivity contribution in [3.05, 3.63) is 76.6 Å². The number of hydrogen-bond donors (Lipinski definition) is 3. The second kappa shape index (κ2) is 8.50. The second-order valence-electron chi connectivity index (χ2n) is 8.57.